The monoisotopic (exact) mass is 281 g/mol. The Morgan fingerprint density at radius 3 is 2.19 bits per heavy atom. The number of rotatable bonds is 1. The first kappa shape index (κ1) is 14.8. The normalized spacial score (nSPS) is 11.9. The lowest BCUT2D eigenvalue weighted by molar-refractivity contribution is 1.05. The van der Waals surface area contributed by atoms with Gasteiger partial charge in [0.15, 0.2) is 0 Å². The number of hydrogen-bond donors (Lipinski definition) is 2. The number of guanidine groups is 2. The van der Waals surface area contributed by atoms with Crippen LogP contribution in [0.1, 0.15) is 0 Å². The maximum absolute atomic E-state index is 5.48. The number of hydrogen-bond acceptors (Lipinski definition) is 1. The average Bonchev–Trinajstić information content (AvgIpc) is 2.18. The highest BCUT2D eigenvalue weighted by molar-refractivity contribution is 6.42. The molecule has 0 atom stereocenters. The van der Waals surface area contributed by atoms with Crippen LogP contribution in [0, 0.1) is 0 Å². The molecule has 5 nitrogen and oxygen atoms in total. The van der Waals surface area contributed by atoms with E-state index < -0.39 is 0 Å². The molecular formula is C8H10Cl3N5. The van der Waals surface area contributed by atoms with Gasteiger partial charge in [0.2, 0.25) is 11.9 Å². The van der Waals surface area contributed by atoms with Gasteiger partial charge in [0.25, 0.3) is 0 Å². The van der Waals surface area contributed by atoms with Crippen LogP contribution in [0.5, 0.6) is 0 Å². The fourth-order valence-corrected chi connectivity index (χ4v) is 0.891. The van der Waals surface area contributed by atoms with Crippen molar-refractivity contribution in [3.05, 3.63) is 30.3 Å². The summed E-state index contributed by atoms with van der Waals surface area (Å²) in [4.78, 5) is 7.62. The third-order valence-corrected chi connectivity index (χ3v) is 1.75. The Kier molecular flexibility index (Phi) is 6.64. The summed E-state index contributed by atoms with van der Waals surface area (Å²) in [6.45, 7) is 0. The van der Waals surface area contributed by atoms with Gasteiger partial charge in [-0.05, 0) is 12.1 Å². The van der Waals surface area contributed by atoms with Gasteiger partial charge >= 0.3 is 0 Å². The van der Waals surface area contributed by atoms with Crippen molar-refractivity contribution in [3.8, 4) is 0 Å². The van der Waals surface area contributed by atoms with Gasteiger partial charge in [-0.15, -0.1) is 12.4 Å². The lowest BCUT2D eigenvalue weighted by Gasteiger charge is -2.02. The Hall–Kier alpha value is -1.17. The van der Waals surface area contributed by atoms with E-state index in [1.165, 1.54) is 0 Å². The summed E-state index contributed by atoms with van der Waals surface area (Å²) in [5.41, 5.74) is 11.5. The Morgan fingerprint density at radius 1 is 1.12 bits per heavy atom. The zero-order valence-corrected chi connectivity index (χ0v) is 10.4. The van der Waals surface area contributed by atoms with Gasteiger partial charge in [-0.2, -0.15) is 8.93 Å². The third-order valence-electron chi connectivity index (χ3n) is 1.40. The van der Waals surface area contributed by atoms with Gasteiger partial charge in [-0.1, -0.05) is 18.2 Å². The molecule has 4 N–H and O–H groups in total. The van der Waals surface area contributed by atoms with E-state index in [-0.39, 0.29) is 24.3 Å². The van der Waals surface area contributed by atoms with Crippen molar-refractivity contribution in [3.63, 3.8) is 0 Å². The zero-order chi connectivity index (χ0) is 11.3. The average molecular weight is 283 g/mol. The molecule has 16 heavy (non-hydrogen) atoms. The van der Waals surface area contributed by atoms with Gasteiger partial charge in [-0.3, -0.25) is 0 Å². The highest BCUT2D eigenvalue weighted by atomic mass is 35.5. The second-order valence-corrected chi connectivity index (χ2v) is 3.36. The molecule has 8 heteroatoms. The SMILES string of the molecule is Cl.NC(=Nc1ccccc1)/N=C(/N)N(Cl)Cl. The molecule has 0 fully saturated rings. The summed E-state index contributed by atoms with van der Waals surface area (Å²) in [6, 6.07) is 9.07. The van der Waals surface area contributed by atoms with Crippen LogP contribution in [0.4, 0.5) is 5.69 Å². The molecule has 0 aliphatic carbocycles. The van der Waals surface area contributed by atoms with Crippen molar-refractivity contribution in [1.29, 1.82) is 0 Å². The summed E-state index contributed by atoms with van der Waals surface area (Å²) in [6.07, 6.45) is 0. The van der Waals surface area contributed by atoms with Crippen LogP contribution in [0.25, 0.3) is 0 Å². The molecule has 88 valence electrons. The molecule has 0 aliphatic heterocycles. The minimum absolute atomic E-state index is 0. The summed E-state index contributed by atoms with van der Waals surface area (Å²) in [7, 11) is 0. The molecule has 0 aliphatic rings. The molecule has 0 radical (unpaired) electrons. The van der Waals surface area contributed by atoms with E-state index in [9.17, 15) is 0 Å². The van der Waals surface area contributed by atoms with Gasteiger partial charge in [0.05, 0.1) is 5.69 Å². The van der Waals surface area contributed by atoms with Crippen LogP contribution in [-0.4, -0.2) is 15.9 Å². The Bertz CT molecular complexity index is 377. The molecule has 0 aromatic heterocycles. The maximum Gasteiger partial charge on any atom is 0.229 e. The molecule has 0 saturated heterocycles. The molecule has 0 unspecified atom stereocenters. The van der Waals surface area contributed by atoms with Crippen LogP contribution in [0.3, 0.4) is 0 Å². The topological polar surface area (TPSA) is 80.0 Å². The number of benzene rings is 1. The van der Waals surface area contributed by atoms with Crippen molar-refractivity contribution >= 4 is 53.6 Å². The van der Waals surface area contributed by atoms with Crippen LogP contribution >= 0.6 is 36.0 Å². The number of nitrogens with two attached hydrogens (primary N) is 2. The molecule has 1 aromatic carbocycles. The fourth-order valence-electron chi connectivity index (χ4n) is 0.815. The molecule has 0 bridgehead atoms. The first-order valence-electron chi connectivity index (χ1n) is 3.94. The molecule has 1 aromatic rings. The van der Waals surface area contributed by atoms with E-state index in [0.29, 0.717) is 9.63 Å². The van der Waals surface area contributed by atoms with Crippen molar-refractivity contribution < 1.29 is 0 Å². The van der Waals surface area contributed by atoms with E-state index in [4.69, 9.17) is 35.0 Å². The number of para-hydroxylation sites is 1. The highest BCUT2D eigenvalue weighted by Crippen LogP contribution is 2.09. The zero-order valence-electron chi connectivity index (χ0n) is 8.05. The van der Waals surface area contributed by atoms with E-state index >= 15 is 0 Å². The van der Waals surface area contributed by atoms with Crippen LogP contribution < -0.4 is 11.5 Å². The van der Waals surface area contributed by atoms with Crippen molar-refractivity contribution in [2.45, 2.75) is 0 Å². The number of nitrogens with zero attached hydrogens (tertiary/aromatic N) is 3. The van der Waals surface area contributed by atoms with E-state index in [2.05, 4.69) is 9.98 Å². The summed E-state index contributed by atoms with van der Waals surface area (Å²) >= 11 is 10.6. The minimum Gasteiger partial charge on any atom is -0.368 e. The Labute approximate surface area is 109 Å². The Morgan fingerprint density at radius 2 is 1.69 bits per heavy atom. The summed E-state index contributed by atoms with van der Waals surface area (Å²) in [5, 5.41) is 0. The summed E-state index contributed by atoms with van der Waals surface area (Å²) < 4.78 is 0.605. The largest absolute Gasteiger partial charge is 0.368 e. The van der Waals surface area contributed by atoms with Gasteiger partial charge < -0.3 is 11.5 Å². The van der Waals surface area contributed by atoms with Crippen molar-refractivity contribution in [2.24, 2.45) is 21.5 Å². The quantitative estimate of drug-likeness (QED) is 0.469. The predicted octanol–water partition coefficient (Wildman–Crippen LogP) is 1.98. The van der Waals surface area contributed by atoms with Crippen molar-refractivity contribution in [2.75, 3.05) is 0 Å². The second kappa shape index (κ2) is 7.16. The lowest BCUT2D eigenvalue weighted by atomic mass is 10.3. The van der Waals surface area contributed by atoms with Crippen molar-refractivity contribution in [1.82, 2.24) is 3.94 Å². The first-order chi connectivity index (χ1) is 7.09. The van der Waals surface area contributed by atoms with Crippen LogP contribution in [0.15, 0.2) is 40.3 Å². The Balaban J connectivity index is 0.00000225. The van der Waals surface area contributed by atoms with Gasteiger partial charge in [0.1, 0.15) is 0 Å². The molecule has 0 spiro atoms. The van der Waals surface area contributed by atoms with Gasteiger partial charge in [0, 0.05) is 23.6 Å². The molecule has 0 amide bonds. The van der Waals surface area contributed by atoms with Crippen LogP contribution in [0.2, 0.25) is 0 Å². The molecule has 1 rings (SSSR count). The number of aliphatic imine (C=N–C) groups is 2. The second-order valence-electron chi connectivity index (χ2n) is 2.51. The van der Waals surface area contributed by atoms with E-state index in [1.807, 2.05) is 18.2 Å². The number of halogens is 3. The minimum atomic E-state index is -0.143. The lowest BCUT2D eigenvalue weighted by Crippen LogP contribution is -2.25. The molecular weight excluding hydrogens is 272 g/mol. The standard InChI is InChI=1S/C8H9Cl2N5.ClH/c9-15(10)8(12)14-7(11)13-6-4-2-1-3-5-6;/h1-5H,(H4,11,12,13,14);1H. The first-order valence-corrected chi connectivity index (χ1v) is 4.62. The van der Waals surface area contributed by atoms with Crippen LogP contribution in [-0.2, 0) is 0 Å². The summed E-state index contributed by atoms with van der Waals surface area (Å²) in [5.74, 6) is -0.166. The fraction of sp³-hybridized carbons (Fsp3) is 0. The predicted molar refractivity (Wildman–Crippen MR) is 70.1 cm³/mol. The van der Waals surface area contributed by atoms with E-state index in [1.54, 1.807) is 12.1 Å². The highest BCUT2D eigenvalue weighted by Gasteiger charge is 2.00. The third kappa shape index (κ3) is 5.06. The van der Waals surface area contributed by atoms with E-state index in [0.717, 1.165) is 0 Å². The maximum atomic E-state index is 5.48. The molecule has 0 saturated carbocycles. The molecule has 0 heterocycles. The van der Waals surface area contributed by atoms with Gasteiger partial charge in [-0.25, -0.2) is 4.99 Å². The smallest absolute Gasteiger partial charge is 0.229 e.